The molecule has 6 amide bonds. The molecule has 16 nitrogen and oxygen atoms in total. The van der Waals surface area contributed by atoms with Crippen molar-refractivity contribution in [2.24, 2.45) is 11.8 Å². The molecule has 16 heteroatoms. The van der Waals surface area contributed by atoms with Gasteiger partial charge in [0.15, 0.2) is 0 Å². The zero-order valence-corrected chi connectivity index (χ0v) is 35.5. The number of amides is 6. The number of carbonyl (C=O) groups excluding carboxylic acids is 6. The van der Waals surface area contributed by atoms with E-state index in [-0.39, 0.29) is 56.5 Å². The first-order chi connectivity index (χ1) is 28.6. The number of H-pyrrole nitrogens is 1. The number of nitrogens with zero attached hydrogens (tertiary/aromatic N) is 3. The number of methoxy groups -OCH3 is 1. The maximum Gasteiger partial charge on any atom is 0.243 e. The smallest absolute Gasteiger partial charge is 0.243 e. The molecule has 0 bridgehead atoms. The van der Waals surface area contributed by atoms with Crippen molar-refractivity contribution in [3.63, 3.8) is 0 Å². The summed E-state index contributed by atoms with van der Waals surface area (Å²) in [7, 11) is 1.54. The summed E-state index contributed by atoms with van der Waals surface area (Å²) in [6, 6.07) is 11.4. The van der Waals surface area contributed by atoms with Crippen LogP contribution < -0.4 is 31.3 Å². The van der Waals surface area contributed by atoms with E-state index in [4.69, 9.17) is 4.74 Å². The molecule has 0 unspecified atom stereocenters. The Labute approximate surface area is 350 Å². The Hall–Kier alpha value is -6.19. The second-order valence-electron chi connectivity index (χ2n) is 16.3. The molecule has 3 heterocycles. The topological polar surface area (TPSA) is 209 Å². The highest BCUT2D eigenvalue weighted by Gasteiger charge is 2.34. The van der Waals surface area contributed by atoms with Crippen LogP contribution >= 0.6 is 0 Å². The lowest BCUT2D eigenvalue weighted by Gasteiger charge is -2.32. The van der Waals surface area contributed by atoms with Gasteiger partial charge in [-0.2, -0.15) is 5.10 Å². The van der Waals surface area contributed by atoms with E-state index >= 15 is 0 Å². The Kier molecular flexibility index (Phi) is 15.5. The van der Waals surface area contributed by atoms with Crippen LogP contribution in [0.3, 0.4) is 0 Å². The quantitative estimate of drug-likeness (QED) is 0.132. The number of hydrogen-bond acceptors (Lipinski definition) is 8. The molecule has 5 rings (SSSR count). The van der Waals surface area contributed by atoms with Crippen molar-refractivity contribution in [2.75, 3.05) is 20.2 Å². The molecule has 1 aliphatic rings. The summed E-state index contributed by atoms with van der Waals surface area (Å²) in [5, 5.41) is 19.6. The molecule has 1 saturated heterocycles. The third-order valence-corrected chi connectivity index (χ3v) is 10.6. The van der Waals surface area contributed by atoms with Crippen molar-refractivity contribution in [1.82, 2.24) is 46.2 Å². The monoisotopic (exact) mass is 825 g/mol. The number of benzene rings is 2. The largest absolute Gasteiger partial charge is 0.497 e. The number of rotatable bonds is 11. The lowest BCUT2D eigenvalue weighted by atomic mass is 9.99. The van der Waals surface area contributed by atoms with E-state index in [1.54, 1.807) is 48.5 Å². The van der Waals surface area contributed by atoms with Crippen LogP contribution in [0.15, 0.2) is 67.0 Å². The Balaban J connectivity index is 1.52. The number of para-hydroxylation sites is 1. The zero-order valence-electron chi connectivity index (χ0n) is 35.5. The van der Waals surface area contributed by atoms with Crippen molar-refractivity contribution < 1.29 is 33.5 Å². The van der Waals surface area contributed by atoms with E-state index in [1.165, 1.54) is 11.8 Å². The molecule has 5 atom stereocenters. The van der Waals surface area contributed by atoms with Crippen molar-refractivity contribution >= 4 is 46.3 Å². The summed E-state index contributed by atoms with van der Waals surface area (Å²) >= 11 is 0. The van der Waals surface area contributed by atoms with Gasteiger partial charge < -0.3 is 41.2 Å². The zero-order chi connectivity index (χ0) is 43.5. The summed E-state index contributed by atoms with van der Waals surface area (Å²) in [6.45, 7) is 10.8. The van der Waals surface area contributed by atoms with Crippen LogP contribution in [-0.2, 0) is 48.2 Å². The van der Waals surface area contributed by atoms with E-state index in [0.717, 1.165) is 22.2 Å². The minimum absolute atomic E-state index is 0.0143. The maximum absolute atomic E-state index is 14.4. The second-order valence-corrected chi connectivity index (χ2v) is 16.3. The third kappa shape index (κ3) is 12.4. The van der Waals surface area contributed by atoms with E-state index in [2.05, 4.69) is 36.7 Å². The molecule has 0 radical (unpaired) electrons. The van der Waals surface area contributed by atoms with Crippen molar-refractivity contribution in [2.45, 2.75) is 104 Å². The van der Waals surface area contributed by atoms with Crippen LogP contribution in [0.25, 0.3) is 10.9 Å². The molecule has 2 aromatic heterocycles. The lowest BCUT2D eigenvalue weighted by molar-refractivity contribution is -0.138. The summed E-state index contributed by atoms with van der Waals surface area (Å²) < 4.78 is 6.94. The van der Waals surface area contributed by atoms with Gasteiger partial charge in [-0.15, -0.1) is 0 Å². The Morgan fingerprint density at radius 3 is 2.15 bits per heavy atom. The van der Waals surface area contributed by atoms with E-state index < -0.39 is 66.3 Å². The number of fused-ring (bicyclic) bond motifs is 1. The van der Waals surface area contributed by atoms with Gasteiger partial charge in [-0.25, -0.2) is 0 Å². The molecule has 0 aliphatic carbocycles. The fourth-order valence-corrected chi connectivity index (χ4v) is 7.16. The van der Waals surface area contributed by atoms with Crippen LogP contribution in [0.1, 0.15) is 64.3 Å². The Morgan fingerprint density at radius 2 is 1.48 bits per heavy atom. The highest BCUT2D eigenvalue weighted by molar-refractivity contribution is 5.96. The van der Waals surface area contributed by atoms with Crippen LogP contribution in [0.4, 0.5) is 0 Å². The summed E-state index contributed by atoms with van der Waals surface area (Å²) in [5.41, 5.74) is 3.11. The first-order valence-electron chi connectivity index (χ1n) is 20.6. The molecular weight excluding hydrogens is 767 g/mol. The summed E-state index contributed by atoms with van der Waals surface area (Å²) in [5.74, 6) is -2.93. The third-order valence-electron chi connectivity index (χ3n) is 10.6. The number of nitrogens with one attached hydrogen (secondary N) is 6. The van der Waals surface area contributed by atoms with E-state index in [9.17, 15) is 28.8 Å². The van der Waals surface area contributed by atoms with Gasteiger partial charge in [0.1, 0.15) is 29.9 Å². The van der Waals surface area contributed by atoms with Crippen LogP contribution in [0.5, 0.6) is 5.75 Å². The van der Waals surface area contributed by atoms with Gasteiger partial charge in [0, 0.05) is 61.7 Å². The van der Waals surface area contributed by atoms with Gasteiger partial charge in [-0.1, -0.05) is 58.0 Å². The van der Waals surface area contributed by atoms with Crippen LogP contribution in [0.2, 0.25) is 0 Å². The lowest BCUT2D eigenvalue weighted by Crippen LogP contribution is -2.60. The highest BCUT2D eigenvalue weighted by Crippen LogP contribution is 2.20. The number of ether oxygens (including phenoxy) is 1. The normalized spacial score (nSPS) is 21.4. The number of aryl methyl sites for hydroxylation is 2. The fourth-order valence-electron chi connectivity index (χ4n) is 7.16. The minimum Gasteiger partial charge on any atom is -0.497 e. The standard InChI is InChI=1S/C44H59N9O7/c1-26(2)20-35-43(58)49-36(21-30-12-14-32(60-7)15-13-30)42(57)46-29(6)41(56)50-38(27(3)4)24-52(40(55)17-19-53-18-16-28(5)51-53)25-39(54)47-37(44(59)48-35)22-31-23-45-34-11-9-8-10-33(31)34/h8-16,18,23,26-27,29,35-38,45H,17,19-22,24-25H2,1-7H3,(H,46,57)(H,47,54)(H,48,59)(H,49,58)(H,50,56)/t29-,35+,36+,37-,38-/m1/s1. The van der Waals surface area contributed by atoms with Crippen molar-refractivity contribution in [1.29, 1.82) is 0 Å². The molecule has 0 saturated carbocycles. The Morgan fingerprint density at radius 1 is 0.817 bits per heavy atom. The van der Waals surface area contributed by atoms with Gasteiger partial charge in [0.2, 0.25) is 35.4 Å². The average Bonchev–Trinajstić information content (AvgIpc) is 3.83. The van der Waals surface area contributed by atoms with Gasteiger partial charge >= 0.3 is 0 Å². The molecule has 60 heavy (non-hydrogen) atoms. The number of aromatic nitrogens is 3. The van der Waals surface area contributed by atoms with Crippen LogP contribution in [0, 0.1) is 18.8 Å². The van der Waals surface area contributed by atoms with Gasteiger partial charge in [0.05, 0.1) is 19.3 Å². The molecule has 322 valence electrons. The summed E-state index contributed by atoms with van der Waals surface area (Å²) in [6.07, 6.45) is 3.91. The molecule has 2 aromatic carbocycles. The predicted octanol–water partition coefficient (Wildman–Crippen LogP) is 2.55. The summed E-state index contributed by atoms with van der Waals surface area (Å²) in [4.78, 5) is 89.0. The van der Waals surface area contributed by atoms with E-state index in [1.807, 2.05) is 65.0 Å². The SMILES string of the molecule is COc1ccc(C[C@@H]2NC(=O)[C@H](CC(C)C)NC(=O)[C@@H](Cc3c[nH]c4ccccc34)NC(=O)CN(C(=O)CCn3ccc(C)n3)C[C@H](C(C)C)NC(=O)[C@@H](C)NC2=O)cc1. The number of carbonyl (C=O) groups is 6. The predicted molar refractivity (Wildman–Crippen MR) is 226 cm³/mol. The Bertz CT molecular complexity index is 2130. The second kappa shape index (κ2) is 20.7. The minimum atomic E-state index is -1.16. The maximum atomic E-state index is 14.4. The van der Waals surface area contributed by atoms with Gasteiger partial charge in [-0.05, 0) is 67.5 Å². The van der Waals surface area contributed by atoms with Gasteiger partial charge in [-0.3, -0.25) is 33.4 Å². The molecule has 1 aliphatic heterocycles. The van der Waals surface area contributed by atoms with E-state index in [0.29, 0.717) is 11.3 Å². The van der Waals surface area contributed by atoms with Gasteiger partial charge in [0.25, 0.3) is 0 Å². The molecule has 0 spiro atoms. The first-order valence-corrected chi connectivity index (χ1v) is 20.6. The fraction of sp³-hybridized carbons (Fsp3) is 0.477. The average molecular weight is 826 g/mol. The molecule has 6 N–H and O–H groups in total. The van der Waals surface area contributed by atoms with Crippen molar-refractivity contribution in [3.8, 4) is 5.75 Å². The van der Waals surface area contributed by atoms with Crippen LogP contribution in [-0.4, -0.2) is 106 Å². The van der Waals surface area contributed by atoms with Crippen molar-refractivity contribution in [3.05, 3.63) is 83.8 Å². The highest BCUT2D eigenvalue weighted by atomic mass is 16.5. The molecule has 4 aromatic rings. The number of aromatic amines is 1. The molecule has 1 fully saturated rings. The first kappa shape index (κ1) is 44.9. The molecular formula is C44H59N9O7. The number of hydrogen-bond donors (Lipinski definition) is 6.